The van der Waals surface area contributed by atoms with E-state index in [-0.39, 0.29) is 29.6 Å². The van der Waals surface area contributed by atoms with Crippen molar-refractivity contribution in [1.29, 1.82) is 0 Å². The first kappa shape index (κ1) is 29.0. The van der Waals surface area contributed by atoms with Crippen molar-refractivity contribution in [2.24, 2.45) is 0 Å². The Balaban J connectivity index is 2.04. The second kappa shape index (κ2) is 12.2. The van der Waals surface area contributed by atoms with Crippen molar-refractivity contribution in [3.63, 3.8) is 0 Å². The van der Waals surface area contributed by atoms with Gasteiger partial charge in [0.2, 0.25) is 0 Å². The average molecular weight is 522 g/mol. The molecule has 1 amide bonds. The van der Waals surface area contributed by atoms with Crippen LogP contribution in [0.3, 0.4) is 0 Å². The molecule has 35 heavy (non-hydrogen) atoms. The number of alkyl carbamates (subject to hydrolysis) is 1. The van der Waals surface area contributed by atoms with Crippen molar-refractivity contribution in [3.05, 3.63) is 65.7 Å². The molecule has 0 aliphatic heterocycles. The van der Waals surface area contributed by atoms with Crippen LogP contribution in [0, 0.1) is 6.92 Å². The van der Waals surface area contributed by atoms with Crippen LogP contribution in [0.25, 0.3) is 0 Å². The molecule has 0 saturated carbocycles. The SMILES string of the molecule is Cc1ccc(S(=O)(=O)OCCC(O[Si](C)(C)C(C)(C)C)C(C)NC(=O)OCc2ccccc2)cc1. The summed E-state index contributed by atoms with van der Waals surface area (Å²) < 4.78 is 42.4. The molecule has 0 radical (unpaired) electrons. The maximum atomic E-state index is 12.6. The van der Waals surface area contributed by atoms with Gasteiger partial charge in [-0.15, -0.1) is 0 Å². The number of amides is 1. The predicted octanol–water partition coefficient (Wildman–Crippen LogP) is 5.80. The van der Waals surface area contributed by atoms with Crippen LogP contribution in [0.4, 0.5) is 4.79 Å². The lowest BCUT2D eigenvalue weighted by Gasteiger charge is -2.41. The Morgan fingerprint density at radius 3 is 2.20 bits per heavy atom. The molecule has 2 aromatic carbocycles. The Morgan fingerprint density at radius 1 is 1.03 bits per heavy atom. The van der Waals surface area contributed by atoms with Gasteiger partial charge in [-0.2, -0.15) is 8.42 Å². The van der Waals surface area contributed by atoms with E-state index in [9.17, 15) is 13.2 Å². The van der Waals surface area contributed by atoms with Gasteiger partial charge in [0.1, 0.15) is 6.61 Å². The minimum absolute atomic E-state index is 0.0619. The van der Waals surface area contributed by atoms with Gasteiger partial charge in [0.05, 0.1) is 23.6 Å². The first-order valence-electron chi connectivity index (χ1n) is 11.8. The third-order valence-electron chi connectivity index (χ3n) is 6.32. The first-order valence-corrected chi connectivity index (χ1v) is 16.1. The molecule has 2 atom stereocenters. The van der Waals surface area contributed by atoms with Gasteiger partial charge in [-0.1, -0.05) is 68.8 Å². The van der Waals surface area contributed by atoms with Crippen LogP contribution < -0.4 is 5.32 Å². The summed E-state index contributed by atoms with van der Waals surface area (Å²) in [4.78, 5) is 12.5. The number of nitrogens with one attached hydrogen (secondary N) is 1. The van der Waals surface area contributed by atoms with Gasteiger partial charge in [0.25, 0.3) is 10.1 Å². The fraction of sp³-hybridized carbons (Fsp3) is 0.500. The Labute approximate surface area is 211 Å². The molecular formula is C26H39NO6SSi. The van der Waals surface area contributed by atoms with Gasteiger partial charge in [0.15, 0.2) is 8.32 Å². The quantitative estimate of drug-likeness (QED) is 0.297. The van der Waals surface area contributed by atoms with E-state index >= 15 is 0 Å². The highest BCUT2D eigenvalue weighted by Gasteiger charge is 2.40. The second-order valence-electron chi connectivity index (χ2n) is 10.3. The molecule has 0 aliphatic rings. The van der Waals surface area contributed by atoms with Gasteiger partial charge in [0, 0.05) is 0 Å². The van der Waals surface area contributed by atoms with Gasteiger partial charge in [-0.05, 0) is 56.1 Å². The summed E-state index contributed by atoms with van der Waals surface area (Å²) in [5.74, 6) is 0. The Bertz CT molecular complexity index is 1050. The third-order valence-corrected chi connectivity index (χ3v) is 12.1. The summed E-state index contributed by atoms with van der Waals surface area (Å²) in [6.45, 7) is 14.4. The fourth-order valence-corrected chi connectivity index (χ4v) is 5.41. The number of aryl methyl sites for hydroxylation is 1. The van der Waals surface area contributed by atoms with Gasteiger partial charge in [-0.25, -0.2) is 4.79 Å². The molecule has 9 heteroatoms. The van der Waals surface area contributed by atoms with E-state index in [2.05, 4.69) is 39.2 Å². The molecule has 7 nitrogen and oxygen atoms in total. The molecule has 0 aliphatic carbocycles. The zero-order valence-electron chi connectivity index (χ0n) is 21.8. The summed E-state index contributed by atoms with van der Waals surface area (Å²) in [6, 6.07) is 15.5. The molecule has 0 heterocycles. The molecule has 0 bridgehead atoms. The highest BCUT2D eigenvalue weighted by atomic mass is 32.2. The van der Waals surface area contributed by atoms with Crippen LogP contribution in [-0.4, -0.2) is 41.6 Å². The highest BCUT2D eigenvalue weighted by molar-refractivity contribution is 7.86. The standard InChI is InChI=1S/C26H39NO6SSi/c1-20-13-15-23(16-14-20)34(29,30)32-18-17-24(33-35(6,7)26(3,4)5)21(2)27-25(28)31-19-22-11-9-8-10-12-22/h8-16,21,24H,17-19H2,1-7H3,(H,27,28). The Morgan fingerprint density at radius 2 is 1.63 bits per heavy atom. The summed E-state index contributed by atoms with van der Waals surface area (Å²) in [6.07, 6.45) is -0.718. The molecule has 0 saturated heterocycles. The molecule has 2 unspecified atom stereocenters. The van der Waals surface area contributed by atoms with Crippen LogP contribution in [0.2, 0.25) is 18.1 Å². The van der Waals surface area contributed by atoms with Crippen LogP contribution in [-0.2, 0) is 30.1 Å². The largest absolute Gasteiger partial charge is 0.445 e. The smallest absolute Gasteiger partial charge is 0.407 e. The maximum absolute atomic E-state index is 12.6. The zero-order valence-corrected chi connectivity index (χ0v) is 23.6. The average Bonchev–Trinajstić information content (AvgIpc) is 2.77. The van der Waals surface area contributed by atoms with Crippen molar-refractivity contribution < 1.29 is 26.6 Å². The number of carbonyl (C=O) groups is 1. The summed E-state index contributed by atoms with van der Waals surface area (Å²) in [5, 5.41) is 2.78. The van der Waals surface area contributed by atoms with Crippen molar-refractivity contribution >= 4 is 24.5 Å². The van der Waals surface area contributed by atoms with E-state index in [4.69, 9.17) is 13.3 Å². The van der Waals surface area contributed by atoms with Crippen molar-refractivity contribution in [3.8, 4) is 0 Å². The van der Waals surface area contributed by atoms with Crippen molar-refractivity contribution in [2.45, 2.75) is 82.8 Å². The van der Waals surface area contributed by atoms with Gasteiger partial charge >= 0.3 is 6.09 Å². The van der Waals surface area contributed by atoms with Crippen LogP contribution >= 0.6 is 0 Å². The van der Waals surface area contributed by atoms with Gasteiger partial charge in [-0.3, -0.25) is 4.18 Å². The number of carbonyl (C=O) groups excluding carboxylic acids is 1. The van der Waals surface area contributed by atoms with Crippen molar-refractivity contribution in [1.82, 2.24) is 5.32 Å². The van der Waals surface area contributed by atoms with E-state index in [1.54, 1.807) is 12.1 Å². The molecule has 0 spiro atoms. The number of hydrogen-bond donors (Lipinski definition) is 1. The highest BCUT2D eigenvalue weighted by Crippen LogP contribution is 2.38. The van der Waals surface area contributed by atoms with E-state index in [1.807, 2.05) is 44.2 Å². The van der Waals surface area contributed by atoms with Crippen LogP contribution in [0.1, 0.15) is 45.2 Å². The fourth-order valence-electron chi connectivity index (χ4n) is 3.06. The number of hydrogen-bond acceptors (Lipinski definition) is 6. The Kier molecular flexibility index (Phi) is 10.1. The number of ether oxygens (including phenoxy) is 1. The lowest BCUT2D eigenvalue weighted by Crippen LogP contribution is -2.51. The van der Waals surface area contributed by atoms with E-state index < -0.39 is 36.7 Å². The summed E-state index contributed by atoms with van der Waals surface area (Å²) >= 11 is 0. The lowest BCUT2D eigenvalue weighted by atomic mass is 10.1. The molecule has 2 rings (SSSR count). The molecule has 2 aromatic rings. The van der Waals surface area contributed by atoms with E-state index in [1.165, 1.54) is 12.1 Å². The maximum Gasteiger partial charge on any atom is 0.407 e. The van der Waals surface area contributed by atoms with E-state index in [0.717, 1.165) is 11.1 Å². The number of rotatable bonds is 11. The van der Waals surface area contributed by atoms with Crippen LogP contribution in [0.5, 0.6) is 0 Å². The topological polar surface area (TPSA) is 90.9 Å². The first-order chi connectivity index (χ1) is 16.2. The predicted molar refractivity (Wildman–Crippen MR) is 140 cm³/mol. The van der Waals surface area contributed by atoms with Gasteiger partial charge < -0.3 is 14.5 Å². The molecule has 194 valence electrons. The summed E-state index contributed by atoms with van der Waals surface area (Å²) in [7, 11) is -6.11. The second-order valence-corrected chi connectivity index (χ2v) is 16.7. The molecular weight excluding hydrogens is 482 g/mol. The molecule has 0 aromatic heterocycles. The van der Waals surface area contributed by atoms with Crippen LogP contribution in [0.15, 0.2) is 59.5 Å². The Hall–Kier alpha value is -2.20. The molecule has 0 fully saturated rings. The third kappa shape index (κ3) is 9.07. The van der Waals surface area contributed by atoms with E-state index in [0.29, 0.717) is 0 Å². The zero-order chi connectivity index (χ0) is 26.3. The monoisotopic (exact) mass is 521 g/mol. The minimum atomic E-state index is -3.89. The minimum Gasteiger partial charge on any atom is -0.445 e. The van der Waals surface area contributed by atoms with Crippen molar-refractivity contribution in [2.75, 3.05) is 6.61 Å². The normalized spacial score (nSPS) is 14.3. The lowest BCUT2D eigenvalue weighted by molar-refractivity contribution is 0.0974. The number of benzene rings is 2. The summed E-state index contributed by atoms with van der Waals surface area (Å²) in [5.41, 5.74) is 1.85. The molecule has 1 N–H and O–H groups in total.